The molecule has 0 spiro atoms. The van der Waals surface area contributed by atoms with Crippen molar-refractivity contribution in [3.63, 3.8) is 0 Å². The van der Waals surface area contributed by atoms with Crippen molar-refractivity contribution in [1.82, 2.24) is 14.7 Å². The Hall–Kier alpha value is -2.90. The van der Waals surface area contributed by atoms with E-state index in [1.807, 2.05) is 37.5 Å². The van der Waals surface area contributed by atoms with Crippen LogP contribution >= 0.6 is 0 Å². The summed E-state index contributed by atoms with van der Waals surface area (Å²) >= 11 is 0. The summed E-state index contributed by atoms with van der Waals surface area (Å²) in [5.74, 6) is 0.224. The predicted molar refractivity (Wildman–Crippen MR) is 104 cm³/mol. The molecule has 3 heterocycles. The molecule has 0 N–H and O–H groups in total. The van der Waals surface area contributed by atoms with Gasteiger partial charge >= 0.3 is 6.03 Å². The monoisotopic (exact) mass is 385 g/mol. The van der Waals surface area contributed by atoms with Gasteiger partial charge in [0.15, 0.2) is 12.2 Å². The molecule has 0 bridgehead atoms. The Bertz CT molecular complexity index is 908. The lowest BCUT2D eigenvalue weighted by atomic mass is 10.1. The minimum atomic E-state index is -0.586. The molecule has 1 saturated heterocycles. The van der Waals surface area contributed by atoms with Crippen LogP contribution in [0.25, 0.3) is 0 Å². The van der Waals surface area contributed by atoms with Crippen LogP contribution in [-0.2, 0) is 4.79 Å². The topological polar surface area (TPSA) is 59.5 Å². The number of anilines is 1. The van der Waals surface area contributed by atoms with Gasteiger partial charge in [0.25, 0.3) is 5.91 Å². The Kier molecular flexibility index (Phi) is 4.17. The molecule has 1 aromatic carbocycles. The third-order valence-corrected chi connectivity index (χ3v) is 5.53. The van der Waals surface area contributed by atoms with Crippen molar-refractivity contribution >= 4 is 23.6 Å². The summed E-state index contributed by atoms with van der Waals surface area (Å²) in [4.78, 5) is 37.4. The van der Waals surface area contributed by atoms with Crippen molar-refractivity contribution in [3.8, 4) is 0 Å². The zero-order valence-electron chi connectivity index (χ0n) is 16.7. The van der Waals surface area contributed by atoms with E-state index in [2.05, 4.69) is 0 Å². The lowest BCUT2D eigenvalue weighted by Crippen LogP contribution is -2.65. The molecule has 2 atom stereocenters. The molecule has 4 rings (SSSR count). The van der Waals surface area contributed by atoms with Crippen LogP contribution < -0.4 is 4.90 Å². The third kappa shape index (κ3) is 2.51. The Morgan fingerprint density at radius 3 is 2.36 bits per heavy atom. The second kappa shape index (κ2) is 6.32. The number of halogens is 1. The summed E-state index contributed by atoms with van der Waals surface area (Å²) in [5.41, 5.74) is 2.58. The molecule has 7 nitrogen and oxygen atoms in total. The molecule has 2 unspecified atom stereocenters. The molecule has 0 aromatic heterocycles. The highest BCUT2D eigenvalue weighted by atomic mass is 19.1. The molecule has 3 aliphatic heterocycles. The number of imide groups is 1. The van der Waals surface area contributed by atoms with Gasteiger partial charge in [0.1, 0.15) is 5.82 Å². The van der Waals surface area contributed by atoms with E-state index < -0.39 is 12.2 Å². The first kappa shape index (κ1) is 18.5. The number of fused-ring (bicyclic) bond motifs is 3. The lowest BCUT2D eigenvalue weighted by molar-refractivity contribution is -0.137. The van der Waals surface area contributed by atoms with Gasteiger partial charge in [-0.1, -0.05) is 13.8 Å². The van der Waals surface area contributed by atoms with Gasteiger partial charge in [-0.25, -0.2) is 14.2 Å². The van der Waals surface area contributed by atoms with Gasteiger partial charge in [-0.2, -0.15) is 0 Å². The predicted octanol–water partition coefficient (Wildman–Crippen LogP) is 2.81. The van der Waals surface area contributed by atoms with E-state index in [-0.39, 0.29) is 23.7 Å². The number of guanidine groups is 1. The van der Waals surface area contributed by atoms with Crippen LogP contribution in [-0.4, -0.2) is 58.4 Å². The van der Waals surface area contributed by atoms with Crippen LogP contribution in [0.5, 0.6) is 0 Å². The third-order valence-electron chi connectivity index (χ3n) is 5.53. The van der Waals surface area contributed by atoms with Crippen LogP contribution in [0.1, 0.15) is 27.7 Å². The molecular formula is C20H24FN5O2. The zero-order chi connectivity index (χ0) is 20.3. The van der Waals surface area contributed by atoms with Crippen LogP contribution in [0.4, 0.5) is 14.9 Å². The summed E-state index contributed by atoms with van der Waals surface area (Å²) in [7, 11) is 1.68. The highest BCUT2D eigenvalue weighted by Crippen LogP contribution is 2.40. The van der Waals surface area contributed by atoms with E-state index >= 15 is 0 Å². The quantitative estimate of drug-likeness (QED) is 0.803. The fourth-order valence-corrected chi connectivity index (χ4v) is 4.05. The Morgan fingerprint density at radius 1 is 1.11 bits per heavy atom. The summed E-state index contributed by atoms with van der Waals surface area (Å²) in [5, 5.41) is 0. The Balaban J connectivity index is 1.75. The number of allylic oxidation sites excluding steroid dienone is 2. The van der Waals surface area contributed by atoms with Gasteiger partial charge in [0.05, 0.1) is 0 Å². The number of aliphatic imine (C=N–C) groups is 1. The average Bonchev–Trinajstić information content (AvgIpc) is 3.14. The van der Waals surface area contributed by atoms with E-state index in [1.165, 1.54) is 21.9 Å². The molecule has 148 valence electrons. The number of amides is 3. The fraction of sp³-hybridized carbons (Fsp3) is 0.450. The maximum Gasteiger partial charge on any atom is 0.328 e. The Morgan fingerprint density at radius 2 is 1.75 bits per heavy atom. The molecule has 3 aliphatic rings. The van der Waals surface area contributed by atoms with Crippen LogP contribution in [0.2, 0.25) is 0 Å². The van der Waals surface area contributed by atoms with Gasteiger partial charge in [0.2, 0.25) is 5.96 Å². The normalized spacial score (nSPS) is 24.5. The maximum atomic E-state index is 13.4. The molecule has 1 fully saturated rings. The first-order chi connectivity index (χ1) is 13.2. The first-order valence-electron chi connectivity index (χ1n) is 9.40. The van der Waals surface area contributed by atoms with Gasteiger partial charge in [0, 0.05) is 30.7 Å². The fourth-order valence-electron chi connectivity index (χ4n) is 4.05. The first-order valence-corrected chi connectivity index (χ1v) is 9.40. The van der Waals surface area contributed by atoms with Crippen molar-refractivity contribution in [2.24, 2.45) is 10.9 Å². The summed E-state index contributed by atoms with van der Waals surface area (Å²) < 4.78 is 13.4. The van der Waals surface area contributed by atoms with Gasteiger partial charge in [-0.05, 0) is 44.0 Å². The highest BCUT2D eigenvalue weighted by molar-refractivity contribution is 6.10. The lowest BCUT2D eigenvalue weighted by Gasteiger charge is -2.41. The molecule has 8 heteroatoms. The largest absolute Gasteiger partial charge is 0.328 e. The van der Waals surface area contributed by atoms with Gasteiger partial charge in [-0.3, -0.25) is 19.5 Å². The number of carbonyl (C=O) groups excluding carboxylic acids is 2. The molecule has 0 radical (unpaired) electrons. The molecular weight excluding hydrogens is 361 g/mol. The summed E-state index contributed by atoms with van der Waals surface area (Å²) in [6.07, 6.45) is -0.579. The van der Waals surface area contributed by atoms with Crippen molar-refractivity contribution in [2.75, 3.05) is 18.5 Å². The van der Waals surface area contributed by atoms with Crippen LogP contribution in [0, 0.1) is 11.7 Å². The van der Waals surface area contributed by atoms with Gasteiger partial charge in [-0.15, -0.1) is 0 Å². The standard InChI is InChI=1S/C20H24FN5O2/c1-11(2)10-24-18(27)16-17(23(5)20(24)28)22-19-25(12(3)13(4)26(16)19)15-8-6-14(21)7-9-15/h6-9,11,16-17H,10H2,1-5H3. The number of hydrogen-bond donors (Lipinski definition) is 0. The second-order valence-electron chi connectivity index (χ2n) is 7.88. The molecule has 0 saturated carbocycles. The smallest absolute Gasteiger partial charge is 0.302 e. The van der Waals surface area contributed by atoms with Crippen molar-refractivity contribution < 1.29 is 14.0 Å². The van der Waals surface area contributed by atoms with Crippen molar-refractivity contribution in [3.05, 3.63) is 41.5 Å². The minimum absolute atomic E-state index is 0.173. The van der Waals surface area contributed by atoms with Crippen LogP contribution in [0.15, 0.2) is 40.7 Å². The van der Waals surface area contributed by atoms with E-state index in [0.717, 1.165) is 17.1 Å². The molecule has 28 heavy (non-hydrogen) atoms. The van der Waals surface area contributed by atoms with E-state index in [9.17, 15) is 14.0 Å². The summed E-state index contributed by atoms with van der Waals surface area (Å²) in [6, 6.07) is 5.25. The van der Waals surface area contributed by atoms with E-state index in [4.69, 9.17) is 4.99 Å². The van der Waals surface area contributed by atoms with Crippen molar-refractivity contribution in [2.45, 2.75) is 39.9 Å². The maximum absolute atomic E-state index is 13.4. The number of rotatable bonds is 3. The minimum Gasteiger partial charge on any atom is -0.302 e. The molecule has 0 aliphatic carbocycles. The number of nitrogens with zero attached hydrogens (tertiary/aromatic N) is 5. The molecule has 3 amide bonds. The number of urea groups is 1. The second-order valence-corrected chi connectivity index (χ2v) is 7.88. The van der Waals surface area contributed by atoms with E-state index in [0.29, 0.717) is 12.5 Å². The molecule has 1 aromatic rings. The number of likely N-dealkylation sites (N-methyl/N-ethyl adjacent to an activating group) is 1. The Labute approximate surface area is 163 Å². The van der Waals surface area contributed by atoms with E-state index in [1.54, 1.807) is 19.2 Å². The highest BCUT2D eigenvalue weighted by Gasteiger charge is 2.55. The average molecular weight is 385 g/mol. The van der Waals surface area contributed by atoms with Crippen LogP contribution in [0.3, 0.4) is 0 Å². The summed E-state index contributed by atoms with van der Waals surface area (Å²) in [6.45, 7) is 8.21. The SMILES string of the molecule is CC1=C(C)N2C(=NC3C2C(=O)N(CC(C)C)C(=O)N3C)N1c1ccc(F)cc1. The number of benzene rings is 1. The number of carbonyl (C=O) groups is 2. The van der Waals surface area contributed by atoms with Gasteiger partial charge < -0.3 is 4.90 Å². The number of hydrogen-bond acceptors (Lipinski definition) is 5. The zero-order valence-corrected chi connectivity index (χ0v) is 16.7. The van der Waals surface area contributed by atoms with Crippen molar-refractivity contribution in [1.29, 1.82) is 0 Å².